The molecule has 120 valence electrons. The highest BCUT2D eigenvalue weighted by Gasteiger charge is 2.29. The maximum Gasteiger partial charge on any atom is 0.226 e. The number of nitrogens with two attached hydrogens (primary N) is 1. The molecule has 1 aliphatic rings. The highest BCUT2D eigenvalue weighted by Crippen LogP contribution is 2.19. The van der Waals surface area contributed by atoms with Crippen molar-refractivity contribution in [3.63, 3.8) is 0 Å². The molecule has 1 fully saturated rings. The molecule has 5 nitrogen and oxygen atoms in total. The number of carbonyl (C=O) groups is 2. The Morgan fingerprint density at radius 3 is 2.55 bits per heavy atom. The quantitative estimate of drug-likeness (QED) is 0.872. The third-order valence-electron chi connectivity index (χ3n) is 4.07. The van der Waals surface area contributed by atoms with Crippen molar-refractivity contribution < 1.29 is 14.3 Å². The molecular formula is C17H24N2O3. The van der Waals surface area contributed by atoms with Crippen LogP contribution in [0.1, 0.15) is 38.2 Å². The summed E-state index contributed by atoms with van der Waals surface area (Å²) in [6, 6.07) is 7.94. The molecule has 0 aromatic heterocycles. The summed E-state index contributed by atoms with van der Waals surface area (Å²) < 4.78 is 5.61. The standard InChI is InChI=1S/C17H24N2O3/c1-12(2)13-3-5-15(6-4-13)22-10-8-16(20)19-9-7-14(11-19)17(18)21/h3-6,12,14H,7-11H2,1-2H3,(H2,18,21)/t14-/m1/s1. The largest absolute Gasteiger partial charge is 0.493 e. The molecular weight excluding hydrogens is 280 g/mol. The van der Waals surface area contributed by atoms with E-state index >= 15 is 0 Å². The van der Waals surface area contributed by atoms with E-state index < -0.39 is 0 Å². The van der Waals surface area contributed by atoms with E-state index in [-0.39, 0.29) is 17.7 Å². The molecule has 0 radical (unpaired) electrons. The van der Waals surface area contributed by atoms with E-state index in [1.165, 1.54) is 5.56 Å². The average molecular weight is 304 g/mol. The minimum absolute atomic E-state index is 0.0163. The maximum absolute atomic E-state index is 12.0. The molecule has 0 aliphatic carbocycles. The molecule has 2 rings (SSSR count). The summed E-state index contributed by atoms with van der Waals surface area (Å²) in [4.78, 5) is 24.8. The van der Waals surface area contributed by atoms with Crippen LogP contribution in [0.5, 0.6) is 5.75 Å². The van der Waals surface area contributed by atoms with Crippen molar-refractivity contribution in [3.05, 3.63) is 29.8 Å². The second kappa shape index (κ2) is 7.29. The molecule has 2 N–H and O–H groups in total. The van der Waals surface area contributed by atoms with Crippen LogP contribution in [-0.2, 0) is 9.59 Å². The van der Waals surface area contributed by atoms with Crippen LogP contribution in [0.15, 0.2) is 24.3 Å². The number of primary amides is 1. The SMILES string of the molecule is CC(C)c1ccc(OCCC(=O)N2CC[C@@H](C(N)=O)C2)cc1. The lowest BCUT2D eigenvalue weighted by atomic mass is 10.0. The monoisotopic (exact) mass is 304 g/mol. The van der Waals surface area contributed by atoms with Gasteiger partial charge >= 0.3 is 0 Å². The Balaban J connectivity index is 1.74. The third-order valence-corrected chi connectivity index (χ3v) is 4.07. The highest BCUT2D eigenvalue weighted by atomic mass is 16.5. The first-order valence-corrected chi connectivity index (χ1v) is 7.77. The smallest absolute Gasteiger partial charge is 0.226 e. The lowest BCUT2D eigenvalue weighted by Crippen LogP contribution is -2.32. The minimum Gasteiger partial charge on any atom is -0.493 e. The Morgan fingerprint density at radius 2 is 2.00 bits per heavy atom. The summed E-state index contributed by atoms with van der Waals surface area (Å²) in [5, 5.41) is 0. The van der Waals surface area contributed by atoms with Crippen LogP contribution in [0, 0.1) is 5.92 Å². The van der Waals surface area contributed by atoms with Gasteiger partial charge in [-0.25, -0.2) is 0 Å². The Morgan fingerprint density at radius 1 is 1.32 bits per heavy atom. The fraction of sp³-hybridized carbons (Fsp3) is 0.529. The molecule has 0 unspecified atom stereocenters. The van der Waals surface area contributed by atoms with Crippen LogP contribution in [0.4, 0.5) is 0 Å². The van der Waals surface area contributed by atoms with Gasteiger partial charge in [0.05, 0.1) is 18.9 Å². The van der Waals surface area contributed by atoms with E-state index in [0.717, 1.165) is 5.75 Å². The molecule has 0 bridgehead atoms. The molecule has 22 heavy (non-hydrogen) atoms. The lowest BCUT2D eigenvalue weighted by molar-refractivity contribution is -0.131. The molecule has 0 saturated carbocycles. The number of likely N-dealkylation sites (tertiary alicyclic amines) is 1. The second-order valence-corrected chi connectivity index (χ2v) is 6.05. The Hall–Kier alpha value is -2.04. The number of benzene rings is 1. The number of amides is 2. The zero-order valence-corrected chi connectivity index (χ0v) is 13.2. The number of rotatable bonds is 6. The molecule has 5 heteroatoms. The zero-order valence-electron chi connectivity index (χ0n) is 13.2. The van der Waals surface area contributed by atoms with Crippen molar-refractivity contribution in [1.29, 1.82) is 0 Å². The normalized spacial score (nSPS) is 17.8. The predicted octanol–water partition coefficient (Wildman–Crippen LogP) is 1.91. The molecule has 1 saturated heterocycles. The van der Waals surface area contributed by atoms with E-state index in [1.54, 1.807) is 4.90 Å². The van der Waals surface area contributed by atoms with Crippen LogP contribution in [0.3, 0.4) is 0 Å². The van der Waals surface area contributed by atoms with E-state index in [2.05, 4.69) is 13.8 Å². The van der Waals surface area contributed by atoms with Gasteiger partial charge in [0, 0.05) is 13.1 Å². The van der Waals surface area contributed by atoms with Crippen LogP contribution in [0.2, 0.25) is 0 Å². The maximum atomic E-state index is 12.0. The Bertz CT molecular complexity index is 525. The zero-order chi connectivity index (χ0) is 16.1. The Labute approximate surface area is 131 Å². The fourth-order valence-corrected chi connectivity index (χ4v) is 2.58. The van der Waals surface area contributed by atoms with E-state index in [1.807, 2.05) is 24.3 Å². The van der Waals surface area contributed by atoms with Crippen molar-refractivity contribution in [3.8, 4) is 5.75 Å². The van der Waals surface area contributed by atoms with Gasteiger partial charge < -0.3 is 15.4 Å². The first kappa shape index (κ1) is 16.3. The average Bonchev–Trinajstić information content (AvgIpc) is 2.98. The van der Waals surface area contributed by atoms with E-state index in [0.29, 0.717) is 38.5 Å². The molecule has 0 spiro atoms. The van der Waals surface area contributed by atoms with Gasteiger partial charge in [-0.3, -0.25) is 9.59 Å². The van der Waals surface area contributed by atoms with Crippen molar-refractivity contribution in [2.24, 2.45) is 11.7 Å². The number of hydrogen-bond acceptors (Lipinski definition) is 3. The lowest BCUT2D eigenvalue weighted by Gasteiger charge is -2.16. The molecule has 1 aromatic carbocycles. The van der Waals surface area contributed by atoms with Gasteiger partial charge in [-0.05, 0) is 30.0 Å². The second-order valence-electron chi connectivity index (χ2n) is 6.05. The van der Waals surface area contributed by atoms with E-state index in [9.17, 15) is 9.59 Å². The summed E-state index contributed by atoms with van der Waals surface area (Å²) in [6.07, 6.45) is 0.982. The van der Waals surface area contributed by atoms with Crippen molar-refractivity contribution in [2.45, 2.75) is 32.6 Å². The van der Waals surface area contributed by atoms with Crippen molar-refractivity contribution >= 4 is 11.8 Å². The highest BCUT2D eigenvalue weighted by molar-refractivity contribution is 5.81. The topological polar surface area (TPSA) is 72.6 Å². The van der Waals surface area contributed by atoms with Crippen LogP contribution in [0.25, 0.3) is 0 Å². The predicted molar refractivity (Wildman–Crippen MR) is 84.5 cm³/mol. The molecule has 1 heterocycles. The number of ether oxygens (including phenoxy) is 1. The number of nitrogens with zero attached hydrogens (tertiary/aromatic N) is 1. The summed E-state index contributed by atoms with van der Waals surface area (Å²) >= 11 is 0. The van der Waals surface area contributed by atoms with Gasteiger partial charge in [-0.15, -0.1) is 0 Å². The summed E-state index contributed by atoms with van der Waals surface area (Å²) in [6.45, 7) is 5.68. The van der Waals surface area contributed by atoms with Crippen LogP contribution < -0.4 is 10.5 Å². The summed E-state index contributed by atoms with van der Waals surface area (Å²) in [7, 11) is 0. The molecule has 2 amide bonds. The minimum atomic E-state index is -0.322. The van der Waals surface area contributed by atoms with Crippen molar-refractivity contribution in [1.82, 2.24) is 4.90 Å². The third kappa shape index (κ3) is 4.23. The van der Waals surface area contributed by atoms with Gasteiger partial charge in [-0.1, -0.05) is 26.0 Å². The fourth-order valence-electron chi connectivity index (χ4n) is 2.58. The number of hydrogen-bond donors (Lipinski definition) is 1. The summed E-state index contributed by atoms with van der Waals surface area (Å²) in [5.41, 5.74) is 6.53. The van der Waals surface area contributed by atoms with Gasteiger partial charge in [0.1, 0.15) is 5.75 Å². The van der Waals surface area contributed by atoms with Crippen molar-refractivity contribution in [2.75, 3.05) is 19.7 Å². The van der Waals surface area contributed by atoms with Crippen LogP contribution >= 0.6 is 0 Å². The number of carbonyl (C=O) groups excluding carboxylic acids is 2. The first-order chi connectivity index (χ1) is 10.5. The summed E-state index contributed by atoms with van der Waals surface area (Å²) in [5.74, 6) is 0.755. The molecule has 1 aromatic rings. The molecule has 1 aliphatic heterocycles. The molecule has 1 atom stereocenters. The van der Waals surface area contributed by atoms with Gasteiger partial charge in [-0.2, -0.15) is 0 Å². The van der Waals surface area contributed by atoms with Gasteiger partial charge in [0.2, 0.25) is 11.8 Å². The first-order valence-electron chi connectivity index (χ1n) is 7.77. The van der Waals surface area contributed by atoms with Gasteiger partial charge in [0.25, 0.3) is 0 Å². The van der Waals surface area contributed by atoms with E-state index in [4.69, 9.17) is 10.5 Å². The van der Waals surface area contributed by atoms with Crippen LogP contribution in [-0.4, -0.2) is 36.4 Å². The van der Waals surface area contributed by atoms with Gasteiger partial charge in [0.15, 0.2) is 0 Å². The Kier molecular flexibility index (Phi) is 5.41.